The van der Waals surface area contributed by atoms with Crippen LogP contribution in [0.2, 0.25) is 0 Å². The number of benzene rings is 1. The van der Waals surface area contributed by atoms with Crippen molar-refractivity contribution in [3.05, 3.63) is 29.3 Å². The summed E-state index contributed by atoms with van der Waals surface area (Å²) in [5.74, 6) is -0.119. The topological polar surface area (TPSA) is 79.5 Å². The maximum absolute atomic E-state index is 10.9. The van der Waals surface area contributed by atoms with Crippen molar-refractivity contribution in [2.24, 2.45) is 0 Å². The smallest absolute Gasteiger partial charge is 0.346 e. The molecule has 0 amide bonds. The molecule has 5 heteroatoms. The Morgan fingerprint density at radius 2 is 2.14 bits per heavy atom. The van der Waals surface area contributed by atoms with Crippen molar-refractivity contribution in [2.45, 2.75) is 32.6 Å². The molecule has 0 spiro atoms. The number of hydrogen-bond donors (Lipinski definition) is 1. The van der Waals surface area contributed by atoms with Crippen LogP contribution in [0.1, 0.15) is 38.2 Å². The summed E-state index contributed by atoms with van der Waals surface area (Å²) in [6, 6.07) is 6.74. The van der Waals surface area contributed by atoms with E-state index in [0.717, 1.165) is 25.7 Å². The molecule has 0 aliphatic rings. The van der Waals surface area contributed by atoms with E-state index in [1.807, 2.05) is 0 Å². The lowest BCUT2D eigenvalue weighted by atomic mass is 10.1. The van der Waals surface area contributed by atoms with Crippen LogP contribution >= 0.6 is 0 Å². The molecule has 0 heterocycles. The molecule has 118 valence electrons. The number of unbranched alkanes of at least 4 members (excludes halogenated alkanes) is 3. The first-order chi connectivity index (χ1) is 10.6. The first kappa shape index (κ1) is 17.6. The van der Waals surface area contributed by atoms with Crippen LogP contribution in [0, 0.1) is 11.3 Å². The second kappa shape index (κ2) is 9.46. The van der Waals surface area contributed by atoms with E-state index in [2.05, 4.69) is 6.92 Å². The number of nitrogens with zero attached hydrogens (tertiary/aromatic N) is 1. The third-order valence-corrected chi connectivity index (χ3v) is 3.13. The minimum atomic E-state index is -1.26. The molecule has 0 aliphatic heterocycles. The van der Waals surface area contributed by atoms with Gasteiger partial charge in [-0.15, -0.1) is 0 Å². The molecule has 0 saturated carbocycles. The molecule has 0 aliphatic carbocycles. The molecule has 1 aromatic rings. The van der Waals surface area contributed by atoms with Gasteiger partial charge in [0.15, 0.2) is 0 Å². The highest BCUT2D eigenvalue weighted by atomic mass is 16.5. The Balaban J connectivity index is 2.92. The van der Waals surface area contributed by atoms with Crippen molar-refractivity contribution in [1.82, 2.24) is 0 Å². The summed E-state index contributed by atoms with van der Waals surface area (Å²) < 4.78 is 10.9. The number of carboxylic acid groups (broad SMARTS) is 1. The highest BCUT2D eigenvalue weighted by molar-refractivity contribution is 5.96. The van der Waals surface area contributed by atoms with Crippen LogP contribution in [0.15, 0.2) is 23.8 Å². The fourth-order valence-electron chi connectivity index (χ4n) is 1.89. The Labute approximate surface area is 130 Å². The molecular formula is C17H21NO4. The summed E-state index contributed by atoms with van der Waals surface area (Å²) in [6.45, 7) is 2.68. The van der Waals surface area contributed by atoms with Crippen LogP contribution in [-0.2, 0) is 4.79 Å². The highest BCUT2D eigenvalue weighted by Crippen LogP contribution is 2.27. The zero-order valence-electron chi connectivity index (χ0n) is 13.0. The van der Waals surface area contributed by atoms with Crippen LogP contribution in [0.25, 0.3) is 6.08 Å². The molecule has 0 saturated heterocycles. The summed E-state index contributed by atoms with van der Waals surface area (Å²) in [6.07, 6.45) is 5.63. The molecule has 0 unspecified atom stereocenters. The number of aliphatic carboxylic acids is 1. The van der Waals surface area contributed by atoms with E-state index in [0.29, 0.717) is 23.7 Å². The summed E-state index contributed by atoms with van der Waals surface area (Å²) in [7, 11) is 1.55. The summed E-state index contributed by atoms with van der Waals surface area (Å²) in [5, 5.41) is 17.8. The number of carbonyl (C=O) groups is 1. The predicted octanol–water partition coefficient (Wildman–Crippen LogP) is 3.65. The van der Waals surface area contributed by atoms with E-state index in [-0.39, 0.29) is 5.57 Å². The molecule has 0 aromatic heterocycles. The van der Waals surface area contributed by atoms with Crippen molar-refractivity contribution in [3.63, 3.8) is 0 Å². The largest absolute Gasteiger partial charge is 0.497 e. The molecule has 0 bridgehead atoms. The number of rotatable bonds is 9. The lowest BCUT2D eigenvalue weighted by Gasteiger charge is -2.11. The molecule has 0 atom stereocenters. The van der Waals surface area contributed by atoms with Gasteiger partial charge in [-0.1, -0.05) is 26.2 Å². The molecule has 1 rings (SSSR count). The molecule has 0 radical (unpaired) electrons. The van der Waals surface area contributed by atoms with Gasteiger partial charge in [0.2, 0.25) is 0 Å². The Morgan fingerprint density at radius 1 is 1.36 bits per heavy atom. The van der Waals surface area contributed by atoms with Crippen LogP contribution in [0.4, 0.5) is 0 Å². The average molecular weight is 303 g/mol. The van der Waals surface area contributed by atoms with E-state index in [1.54, 1.807) is 31.4 Å². The minimum absolute atomic E-state index is 0.332. The average Bonchev–Trinajstić information content (AvgIpc) is 2.52. The van der Waals surface area contributed by atoms with Gasteiger partial charge < -0.3 is 14.6 Å². The molecule has 0 fully saturated rings. The highest BCUT2D eigenvalue weighted by Gasteiger charge is 2.10. The monoisotopic (exact) mass is 303 g/mol. The van der Waals surface area contributed by atoms with Crippen molar-refractivity contribution in [3.8, 4) is 17.6 Å². The van der Waals surface area contributed by atoms with Gasteiger partial charge in [-0.05, 0) is 24.6 Å². The van der Waals surface area contributed by atoms with Gasteiger partial charge in [0.1, 0.15) is 23.1 Å². The zero-order chi connectivity index (χ0) is 16.4. The Morgan fingerprint density at radius 3 is 2.73 bits per heavy atom. The Kier molecular flexibility index (Phi) is 7.55. The van der Waals surface area contributed by atoms with Gasteiger partial charge >= 0.3 is 5.97 Å². The van der Waals surface area contributed by atoms with E-state index >= 15 is 0 Å². The second-order valence-electron chi connectivity index (χ2n) is 4.79. The molecule has 22 heavy (non-hydrogen) atoms. The quantitative estimate of drug-likeness (QED) is 0.428. The van der Waals surface area contributed by atoms with E-state index in [1.165, 1.54) is 6.08 Å². The van der Waals surface area contributed by atoms with Crippen molar-refractivity contribution < 1.29 is 19.4 Å². The molecular weight excluding hydrogens is 282 g/mol. The summed E-state index contributed by atoms with van der Waals surface area (Å²) in [4.78, 5) is 10.9. The van der Waals surface area contributed by atoms with Crippen molar-refractivity contribution in [2.75, 3.05) is 13.7 Å². The fraction of sp³-hybridized carbons (Fsp3) is 0.412. The summed E-state index contributed by atoms with van der Waals surface area (Å²) >= 11 is 0. The zero-order valence-corrected chi connectivity index (χ0v) is 13.0. The maximum Gasteiger partial charge on any atom is 0.346 e. The molecule has 1 aromatic carbocycles. The van der Waals surface area contributed by atoms with Crippen LogP contribution in [-0.4, -0.2) is 24.8 Å². The van der Waals surface area contributed by atoms with Gasteiger partial charge in [-0.2, -0.15) is 5.26 Å². The van der Waals surface area contributed by atoms with Gasteiger partial charge in [-0.3, -0.25) is 0 Å². The predicted molar refractivity (Wildman–Crippen MR) is 83.9 cm³/mol. The number of hydrogen-bond acceptors (Lipinski definition) is 4. The third-order valence-electron chi connectivity index (χ3n) is 3.13. The van der Waals surface area contributed by atoms with Gasteiger partial charge in [0, 0.05) is 11.6 Å². The first-order valence-corrected chi connectivity index (χ1v) is 7.28. The number of ether oxygens (including phenoxy) is 2. The minimum Gasteiger partial charge on any atom is -0.497 e. The maximum atomic E-state index is 10.9. The van der Waals surface area contributed by atoms with Crippen molar-refractivity contribution in [1.29, 1.82) is 5.26 Å². The van der Waals surface area contributed by atoms with Gasteiger partial charge in [0.25, 0.3) is 0 Å². The second-order valence-corrected chi connectivity index (χ2v) is 4.79. The molecule has 5 nitrogen and oxygen atoms in total. The standard InChI is InChI=1S/C17H21NO4/c1-3-4-5-6-9-22-16-11-15(21-2)8-7-13(16)10-14(12-18)17(19)20/h7-8,10-11H,3-6,9H2,1-2H3,(H,19,20). The SMILES string of the molecule is CCCCCCOc1cc(OC)ccc1C=C(C#N)C(=O)O. The van der Waals surface area contributed by atoms with E-state index in [9.17, 15) is 4.79 Å². The Hall–Kier alpha value is -2.48. The first-order valence-electron chi connectivity index (χ1n) is 7.28. The molecule has 1 N–H and O–H groups in total. The van der Waals surface area contributed by atoms with Crippen LogP contribution in [0.3, 0.4) is 0 Å². The fourth-order valence-corrected chi connectivity index (χ4v) is 1.89. The van der Waals surface area contributed by atoms with Crippen LogP contribution < -0.4 is 9.47 Å². The number of methoxy groups -OCH3 is 1. The number of carboxylic acids is 1. The summed E-state index contributed by atoms with van der Waals surface area (Å²) in [5.41, 5.74) is 0.219. The van der Waals surface area contributed by atoms with Gasteiger partial charge in [0.05, 0.1) is 13.7 Å². The van der Waals surface area contributed by atoms with Gasteiger partial charge in [-0.25, -0.2) is 4.79 Å². The lowest BCUT2D eigenvalue weighted by molar-refractivity contribution is -0.132. The van der Waals surface area contributed by atoms with E-state index in [4.69, 9.17) is 19.8 Å². The number of nitriles is 1. The van der Waals surface area contributed by atoms with Crippen molar-refractivity contribution >= 4 is 12.0 Å². The lowest BCUT2D eigenvalue weighted by Crippen LogP contribution is -2.01. The third kappa shape index (κ3) is 5.49. The van der Waals surface area contributed by atoms with Crippen LogP contribution in [0.5, 0.6) is 11.5 Å². The normalized spacial score (nSPS) is 10.9. The van der Waals surface area contributed by atoms with E-state index < -0.39 is 5.97 Å². The Bertz CT molecular complexity index is 573.